The highest BCUT2D eigenvalue weighted by Crippen LogP contribution is 2.36. The number of carbonyl (C=O) groups is 1. The molecule has 0 radical (unpaired) electrons. The highest BCUT2D eigenvalue weighted by Gasteiger charge is 2.36. The van der Waals surface area contributed by atoms with E-state index in [0.717, 1.165) is 25.2 Å². The molecule has 0 amide bonds. The molecule has 2 aliphatic rings. The van der Waals surface area contributed by atoms with Gasteiger partial charge in [0.25, 0.3) is 0 Å². The minimum atomic E-state index is 0.0946. The summed E-state index contributed by atoms with van der Waals surface area (Å²) in [7, 11) is 0. The molecule has 1 fully saturated rings. The molecule has 2 aliphatic heterocycles. The summed E-state index contributed by atoms with van der Waals surface area (Å²) in [6.07, 6.45) is 5.84. The van der Waals surface area contributed by atoms with Gasteiger partial charge in [0.05, 0.1) is 18.6 Å². The smallest absolute Gasteiger partial charge is 0.159 e. The number of ketones is 1. The molecule has 0 bridgehead atoms. The Hall–Kier alpha value is -2.76. The fourth-order valence-electron chi connectivity index (χ4n) is 4.34. The number of hydrogen-bond donors (Lipinski definition) is 1. The van der Waals surface area contributed by atoms with E-state index >= 15 is 0 Å². The van der Waals surface area contributed by atoms with Crippen LogP contribution in [0.15, 0.2) is 65.9 Å². The van der Waals surface area contributed by atoms with Gasteiger partial charge in [-0.25, -0.2) is 5.01 Å². The van der Waals surface area contributed by atoms with Crippen LogP contribution in [0, 0.1) is 0 Å². The molecule has 2 aromatic rings. The molecule has 2 heterocycles. The zero-order valence-corrected chi connectivity index (χ0v) is 18.9. The summed E-state index contributed by atoms with van der Waals surface area (Å²) >= 11 is 0. The molecule has 2 aromatic carbocycles. The number of carbonyl (C=O) groups excluding carboxylic acids is 1. The van der Waals surface area contributed by atoms with Crippen molar-refractivity contribution < 1.29 is 4.79 Å². The van der Waals surface area contributed by atoms with Crippen LogP contribution in [0.25, 0.3) is 0 Å². The molecule has 2 unspecified atom stereocenters. The van der Waals surface area contributed by atoms with Gasteiger partial charge in [-0.2, -0.15) is 0 Å². The summed E-state index contributed by atoms with van der Waals surface area (Å²) in [5, 5.41) is 8.37. The highest BCUT2D eigenvalue weighted by molar-refractivity contribution is 5.94. The van der Waals surface area contributed by atoms with Crippen molar-refractivity contribution in [1.82, 2.24) is 15.3 Å². The minimum absolute atomic E-state index is 0.0946. The predicted octanol–water partition coefficient (Wildman–Crippen LogP) is 4.65. The Bertz CT molecular complexity index is 970. The molecule has 31 heavy (non-hydrogen) atoms. The van der Waals surface area contributed by atoms with E-state index in [9.17, 15) is 4.79 Å². The van der Waals surface area contributed by atoms with Crippen LogP contribution in [-0.2, 0) is 5.41 Å². The van der Waals surface area contributed by atoms with Gasteiger partial charge in [-0.3, -0.25) is 9.79 Å². The van der Waals surface area contributed by atoms with Crippen molar-refractivity contribution in [2.24, 2.45) is 4.99 Å². The second kappa shape index (κ2) is 8.77. The van der Waals surface area contributed by atoms with Crippen LogP contribution >= 0.6 is 0 Å². The number of hydrazine groups is 1. The highest BCUT2D eigenvalue weighted by atomic mass is 16.1. The number of nitrogens with one attached hydrogen (secondary N) is 1. The lowest BCUT2D eigenvalue weighted by atomic mass is 9.86. The molecule has 0 aromatic heterocycles. The summed E-state index contributed by atoms with van der Waals surface area (Å²) in [4.78, 5) is 16.0. The van der Waals surface area contributed by atoms with E-state index in [1.54, 1.807) is 6.92 Å². The van der Waals surface area contributed by atoms with E-state index in [-0.39, 0.29) is 23.3 Å². The Kier molecular flexibility index (Phi) is 6.08. The normalized spacial score (nSPS) is 22.0. The first kappa shape index (κ1) is 21.5. The fraction of sp³-hybridized carbons (Fsp3) is 0.385. The molecule has 162 valence electrons. The van der Waals surface area contributed by atoms with Crippen molar-refractivity contribution in [1.29, 1.82) is 0 Å². The van der Waals surface area contributed by atoms with Crippen molar-refractivity contribution in [2.75, 3.05) is 19.6 Å². The van der Waals surface area contributed by atoms with Gasteiger partial charge >= 0.3 is 0 Å². The lowest BCUT2D eigenvalue weighted by molar-refractivity contribution is -0.0698. The maximum atomic E-state index is 11.7. The molecule has 1 saturated heterocycles. The fourth-order valence-corrected chi connectivity index (χ4v) is 4.34. The van der Waals surface area contributed by atoms with E-state index in [1.807, 2.05) is 24.5 Å². The molecule has 0 saturated carbocycles. The van der Waals surface area contributed by atoms with Gasteiger partial charge in [0.2, 0.25) is 0 Å². The Morgan fingerprint density at radius 1 is 0.968 bits per heavy atom. The van der Waals surface area contributed by atoms with Crippen LogP contribution in [0.4, 0.5) is 0 Å². The third-order valence-electron chi connectivity index (χ3n) is 6.17. The van der Waals surface area contributed by atoms with Crippen LogP contribution in [-0.4, -0.2) is 41.6 Å². The van der Waals surface area contributed by atoms with Gasteiger partial charge in [0.15, 0.2) is 5.78 Å². The van der Waals surface area contributed by atoms with E-state index < -0.39 is 0 Å². The molecule has 4 rings (SSSR count). The minimum Gasteiger partial charge on any atom is -0.313 e. The summed E-state index contributed by atoms with van der Waals surface area (Å²) in [6, 6.07) is 17.4. The van der Waals surface area contributed by atoms with Crippen LogP contribution in [0.1, 0.15) is 66.8 Å². The Morgan fingerprint density at radius 3 is 2.03 bits per heavy atom. The van der Waals surface area contributed by atoms with Crippen molar-refractivity contribution in [3.8, 4) is 0 Å². The number of nitrogens with zero attached hydrogens (tertiary/aromatic N) is 3. The summed E-state index contributed by atoms with van der Waals surface area (Å²) < 4.78 is 0. The lowest BCUT2D eigenvalue weighted by Crippen LogP contribution is -2.54. The SMILES string of the molecule is CC(=O)c1ccc(C2CNCC(c3ccc(C(C)(C)C)cc3)N2N2C=CN=CC2)cc1. The molecule has 2 atom stereocenters. The third kappa shape index (κ3) is 4.63. The Morgan fingerprint density at radius 2 is 1.55 bits per heavy atom. The number of Topliss-reactive ketones (excluding diaryl/α,β-unsaturated/α-hetero) is 1. The quantitative estimate of drug-likeness (QED) is 0.737. The number of aliphatic imine (C=N–C) groups is 1. The average Bonchev–Trinajstić information content (AvgIpc) is 2.79. The monoisotopic (exact) mass is 416 g/mol. The second-order valence-electron chi connectivity index (χ2n) is 9.37. The van der Waals surface area contributed by atoms with Gasteiger partial charge in [0, 0.05) is 37.3 Å². The second-order valence-corrected chi connectivity index (χ2v) is 9.37. The zero-order valence-electron chi connectivity index (χ0n) is 18.9. The van der Waals surface area contributed by atoms with Gasteiger partial charge in [-0.15, -0.1) is 0 Å². The van der Waals surface area contributed by atoms with Crippen molar-refractivity contribution in [3.05, 3.63) is 83.2 Å². The first-order valence-electron chi connectivity index (χ1n) is 11.0. The molecular formula is C26H32N4O. The molecule has 5 heteroatoms. The predicted molar refractivity (Wildman–Crippen MR) is 126 cm³/mol. The summed E-state index contributed by atoms with van der Waals surface area (Å²) in [5.41, 5.74) is 4.72. The molecule has 1 N–H and O–H groups in total. The van der Waals surface area contributed by atoms with Gasteiger partial charge < -0.3 is 10.3 Å². The van der Waals surface area contributed by atoms with Crippen LogP contribution in [0.3, 0.4) is 0 Å². The summed E-state index contributed by atoms with van der Waals surface area (Å²) in [6.45, 7) is 10.8. The molecular weight excluding hydrogens is 384 g/mol. The largest absolute Gasteiger partial charge is 0.313 e. The maximum absolute atomic E-state index is 11.7. The standard InChI is InChI=1S/C26H32N4O/c1-19(31)20-5-7-21(8-6-20)24-17-28-18-25(30(24)29-15-13-27-14-16-29)22-9-11-23(12-10-22)26(2,3)4/h5-15,24-25,28H,16-18H2,1-4H3. The zero-order chi connectivity index (χ0) is 22.0. The number of benzene rings is 2. The van der Waals surface area contributed by atoms with Crippen LogP contribution < -0.4 is 5.32 Å². The Labute approximate surface area is 185 Å². The lowest BCUT2D eigenvalue weighted by Gasteiger charge is -2.48. The number of rotatable bonds is 4. The van der Waals surface area contributed by atoms with Crippen molar-refractivity contribution in [3.63, 3.8) is 0 Å². The van der Waals surface area contributed by atoms with Gasteiger partial charge in [-0.1, -0.05) is 69.3 Å². The van der Waals surface area contributed by atoms with E-state index in [4.69, 9.17) is 0 Å². The number of piperazine rings is 1. The molecule has 0 spiro atoms. The summed E-state index contributed by atoms with van der Waals surface area (Å²) in [5.74, 6) is 0.0946. The van der Waals surface area contributed by atoms with Crippen LogP contribution in [0.2, 0.25) is 0 Å². The van der Waals surface area contributed by atoms with Gasteiger partial charge in [-0.05, 0) is 29.0 Å². The Balaban J connectivity index is 1.69. The van der Waals surface area contributed by atoms with Crippen LogP contribution in [0.5, 0.6) is 0 Å². The van der Waals surface area contributed by atoms with E-state index in [1.165, 1.54) is 16.7 Å². The molecule has 5 nitrogen and oxygen atoms in total. The maximum Gasteiger partial charge on any atom is 0.159 e. The molecule has 0 aliphatic carbocycles. The van der Waals surface area contributed by atoms with Crippen molar-refractivity contribution >= 4 is 12.0 Å². The topological polar surface area (TPSA) is 47.9 Å². The third-order valence-corrected chi connectivity index (χ3v) is 6.17. The number of hydrogen-bond acceptors (Lipinski definition) is 5. The van der Waals surface area contributed by atoms with Gasteiger partial charge in [0.1, 0.15) is 0 Å². The van der Waals surface area contributed by atoms with Crippen molar-refractivity contribution in [2.45, 2.75) is 45.2 Å². The van der Waals surface area contributed by atoms with E-state index in [0.29, 0.717) is 0 Å². The van der Waals surface area contributed by atoms with E-state index in [2.05, 4.69) is 83.7 Å². The first-order chi connectivity index (χ1) is 14.8. The first-order valence-corrected chi connectivity index (χ1v) is 11.0. The average molecular weight is 417 g/mol.